The Kier molecular flexibility index (Phi) is 5.87. The Hall–Kier alpha value is -3.74. The van der Waals surface area contributed by atoms with Crippen molar-refractivity contribution in [2.45, 2.75) is 19.3 Å². The molecule has 0 saturated carbocycles. The summed E-state index contributed by atoms with van der Waals surface area (Å²) in [6, 6.07) is 16.0. The number of primary amides is 1. The monoisotopic (exact) mass is 391 g/mol. The van der Waals surface area contributed by atoms with Crippen molar-refractivity contribution in [3.63, 3.8) is 0 Å². The minimum atomic E-state index is -0.446. The zero-order valence-electron chi connectivity index (χ0n) is 16.2. The summed E-state index contributed by atoms with van der Waals surface area (Å²) < 4.78 is 5.10. The van der Waals surface area contributed by atoms with Gasteiger partial charge in [-0.2, -0.15) is 0 Å². The molecule has 148 valence electrons. The van der Waals surface area contributed by atoms with Gasteiger partial charge in [0.15, 0.2) is 0 Å². The number of nitro benzene ring substituents is 1. The number of hydrogen-bond donors (Lipinski definition) is 1. The van der Waals surface area contributed by atoms with Crippen molar-refractivity contribution in [3.8, 4) is 16.9 Å². The number of ether oxygens (including phenoxy) is 1. The molecule has 1 unspecified atom stereocenters. The number of nitrogens with zero attached hydrogens (tertiary/aromatic N) is 2. The average molecular weight is 391 g/mol. The highest BCUT2D eigenvalue weighted by atomic mass is 16.6. The molecule has 7 nitrogen and oxygen atoms in total. The molecule has 29 heavy (non-hydrogen) atoms. The third-order valence-electron chi connectivity index (χ3n) is 4.74. The Morgan fingerprint density at radius 3 is 2.52 bits per heavy atom. The molecule has 1 amide bonds. The fourth-order valence-corrected chi connectivity index (χ4v) is 3.23. The third-order valence-corrected chi connectivity index (χ3v) is 4.74. The number of aromatic nitrogens is 1. The van der Waals surface area contributed by atoms with E-state index in [0.717, 1.165) is 11.1 Å². The number of aryl methyl sites for hydroxylation is 1. The number of rotatable bonds is 7. The van der Waals surface area contributed by atoms with Crippen LogP contribution in [0.25, 0.3) is 11.1 Å². The van der Waals surface area contributed by atoms with Crippen LogP contribution in [-0.4, -0.2) is 22.9 Å². The van der Waals surface area contributed by atoms with Gasteiger partial charge in [0.05, 0.1) is 23.7 Å². The molecule has 0 aliphatic carbocycles. The van der Waals surface area contributed by atoms with Crippen LogP contribution in [0.2, 0.25) is 0 Å². The van der Waals surface area contributed by atoms with Gasteiger partial charge in [0.2, 0.25) is 5.91 Å². The van der Waals surface area contributed by atoms with Gasteiger partial charge in [0.1, 0.15) is 5.75 Å². The lowest BCUT2D eigenvalue weighted by molar-refractivity contribution is -0.384. The van der Waals surface area contributed by atoms with E-state index in [0.29, 0.717) is 22.6 Å². The van der Waals surface area contributed by atoms with Crippen molar-refractivity contribution < 1.29 is 14.5 Å². The fraction of sp³-hybridized carbons (Fsp3) is 0.182. The lowest BCUT2D eigenvalue weighted by Crippen LogP contribution is -2.17. The van der Waals surface area contributed by atoms with Crippen molar-refractivity contribution in [1.29, 1.82) is 0 Å². The van der Waals surface area contributed by atoms with E-state index in [1.165, 1.54) is 13.2 Å². The van der Waals surface area contributed by atoms with Gasteiger partial charge in [0.25, 0.3) is 5.69 Å². The van der Waals surface area contributed by atoms with E-state index in [4.69, 9.17) is 10.5 Å². The maximum atomic E-state index is 11.7. The predicted molar refractivity (Wildman–Crippen MR) is 110 cm³/mol. The molecule has 2 aromatic carbocycles. The molecular weight excluding hydrogens is 370 g/mol. The van der Waals surface area contributed by atoms with Gasteiger partial charge in [-0.3, -0.25) is 19.9 Å². The van der Waals surface area contributed by atoms with Crippen LogP contribution >= 0.6 is 0 Å². The Bertz CT molecular complexity index is 1050. The van der Waals surface area contributed by atoms with E-state index in [1.54, 1.807) is 30.5 Å². The summed E-state index contributed by atoms with van der Waals surface area (Å²) in [6.45, 7) is 1.98. The van der Waals surface area contributed by atoms with Crippen LogP contribution in [0, 0.1) is 17.0 Å². The summed E-state index contributed by atoms with van der Waals surface area (Å²) in [6.07, 6.45) is 1.67. The summed E-state index contributed by atoms with van der Waals surface area (Å²) in [5.41, 5.74) is 9.11. The number of nitro groups is 1. The summed E-state index contributed by atoms with van der Waals surface area (Å²) in [4.78, 5) is 27.2. The minimum Gasteiger partial charge on any atom is -0.497 e. The first-order valence-electron chi connectivity index (χ1n) is 9.02. The molecule has 0 radical (unpaired) electrons. The van der Waals surface area contributed by atoms with E-state index in [2.05, 4.69) is 4.98 Å². The van der Waals surface area contributed by atoms with Gasteiger partial charge in [-0.1, -0.05) is 29.8 Å². The molecule has 2 N–H and O–H groups in total. The number of carbonyl (C=O) groups excluding carboxylic acids is 1. The third kappa shape index (κ3) is 4.57. The molecule has 0 bridgehead atoms. The normalized spacial score (nSPS) is 11.7. The van der Waals surface area contributed by atoms with Gasteiger partial charge in [-0.25, -0.2) is 0 Å². The van der Waals surface area contributed by atoms with Crippen molar-refractivity contribution in [2.75, 3.05) is 7.11 Å². The van der Waals surface area contributed by atoms with Crippen LogP contribution in [0.5, 0.6) is 5.75 Å². The van der Waals surface area contributed by atoms with Crippen LogP contribution in [0.3, 0.4) is 0 Å². The van der Waals surface area contributed by atoms with E-state index in [1.807, 2.05) is 31.2 Å². The second-order valence-electron chi connectivity index (χ2n) is 6.74. The Morgan fingerprint density at radius 2 is 1.90 bits per heavy atom. The molecule has 0 fully saturated rings. The number of nitrogens with two attached hydrogens (primary N) is 1. The molecule has 1 aromatic heterocycles. The summed E-state index contributed by atoms with van der Waals surface area (Å²) in [7, 11) is 1.46. The van der Waals surface area contributed by atoms with Crippen LogP contribution in [0.4, 0.5) is 5.69 Å². The largest absolute Gasteiger partial charge is 0.497 e. The van der Waals surface area contributed by atoms with Crippen molar-refractivity contribution in [2.24, 2.45) is 5.73 Å². The smallest absolute Gasteiger partial charge is 0.280 e. The molecule has 0 saturated heterocycles. The Balaban J connectivity index is 2.09. The fourth-order valence-electron chi connectivity index (χ4n) is 3.23. The van der Waals surface area contributed by atoms with Gasteiger partial charge < -0.3 is 10.5 Å². The van der Waals surface area contributed by atoms with Crippen LogP contribution in [0.15, 0.2) is 60.8 Å². The van der Waals surface area contributed by atoms with Crippen LogP contribution in [0.1, 0.15) is 29.2 Å². The average Bonchev–Trinajstić information content (AvgIpc) is 2.72. The van der Waals surface area contributed by atoms with Crippen molar-refractivity contribution in [1.82, 2.24) is 4.98 Å². The van der Waals surface area contributed by atoms with Crippen molar-refractivity contribution >= 4 is 11.6 Å². The Morgan fingerprint density at radius 1 is 1.17 bits per heavy atom. The van der Waals surface area contributed by atoms with Crippen molar-refractivity contribution in [3.05, 3.63) is 87.7 Å². The van der Waals surface area contributed by atoms with Crippen LogP contribution in [-0.2, 0) is 4.79 Å². The lowest BCUT2D eigenvalue weighted by Gasteiger charge is -2.17. The lowest BCUT2D eigenvalue weighted by atomic mass is 9.90. The topological polar surface area (TPSA) is 108 Å². The number of hydrogen-bond acceptors (Lipinski definition) is 5. The molecule has 7 heteroatoms. The highest BCUT2D eigenvalue weighted by Crippen LogP contribution is 2.35. The SMILES string of the molecule is COc1ccc(-c2ccnc(C(CC(N)=O)c3ccc(C)cc3)c2)c([N+](=O)[O-])c1. The first-order valence-corrected chi connectivity index (χ1v) is 9.02. The summed E-state index contributed by atoms with van der Waals surface area (Å²) in [5.74, 6) is -0.385. The van der Waals surface area contributed by atoms with Crippen LogP contribution < -0.4 is 10.5 Å². The number of pyridine rings is 1. The maximum absolute atomic E-state index is 11.7. The first kappa shape index (κ1) is 20.0. The summed E-state index contributed by atoms with van der Waals surface area (Å²) in [5, 5.41) is 11.6. The molecule has 3 aromatic rings. The number of carbonyl (C=O) groups is 1. The standard InChI is InChI=1S/C22H21N3O4/c1-14-3-5-15(6-4-14)19(13-22(23)26)20-11-16(9-10-24-20)18-8-7-17(29-2)12-21(18)25(27)28/h3-12,19H,13H2,1-2H3,(H2,23,26). The molecule has 0 aliphatic rings. The van der Waals surface area contributed by atoms with E-state index in [9.17, 15) is 14.9 Å². The van der Waals surface area contributed by atoms with E-state index >= 15 is 0 Å². The second-order valence-corrected chi connectivity index (χ2v) is 6.74. The zero-order chi connectivity index (χ0) is 21.0. The molecular formula is C22H21N3O4. The van der Waals surface area contributed by atoms with Gasteiger partial charge in [-0.15, -0.1) is 0 Å². The second kappa shape index (κ2) is 8.52. The van der Waals surface area contributed by atoms with E-state index in [-0.39, 0.29) is 18.0 Å². The van der Waals surface area contributed by atoms with Gasteiger partial charge in [-0.05, 0) is 42.3 Å². The molecule has 1 atom stereocenters. The number of methoxy groups -OCH3 is 1. The number of benzene rings is 2. The number of amides is 1. The van der Waals surface area contributed by atoms with Gasteiger partial charge in [0, 0.05) is 24.2 Å². The quantitative estimate of drug-likeness (QED) is 0.484. The molecule has 0 spiro atoms. The van der Waals surface area contributed by atoms with E-state index < -0.39 is 10.8 Å². The maximum Gasteiger partial charge on any atom is 0.280 e. The minimum absolute atomic E-state index is 0.0664. The molecule has 0 aliphatic heterocycles. The molecule has 1 heterocycles. The Labute approximate surface area is 168 Å². The first-order chi connectivity index (χ1) is 13.9. The zero-order valence-corrected chi connectivity index (χ0v) is 16.2. The molecule has 3 rings (SSSR count). The summed E-state index contributed by atoms with van der Waals surface area (Å²) >= 11 is 0. The van der Waals surface area contributed by atoms with Gasteiger partial charge >= 0.3 is 0 Å². The predicted octanol–water partition coefficient (Wildman–Crippen LogP) is 3.98. The highest BCUT2D eigenvalue weighted by molar-refractivity contribution is 5.77. The highest BCUT2D eigenvalue weighted by Gasteiger charge is 2.21.